The highest BCUT2D eigenvalue weighted by Gasteiger charge is 2.29. The number of aromatic nitrogens is 2. The van der Waals surface area contributed by atoms with Gasteiger partial charge in [-0.3, -0.25) is 9.69 Å². The van der Waals surface area contributed by atoms with Gasteiger partial charge in [0.1, 0.15) is 17.5 Å². The SMILES string of the molecule is Nc1nc(N2CCCC(N3CCOCC3)C2)nc(-c2ccc(F)cc2F)c1C=O. The maximum atomic E-state index is 14.4. The lowest BCUT2D eigenvalue weighted by molar-refractivity contribution is 0.0136. The molecule has 0 radical (unpaired) electrons. The fourth-order valence-electron chi connectivity index (χ4n) is 4.00. The zero-order chi connectivity index (χ0) is 20.4. The molecule has 2 saturated heterocycles. The Bertz CT molecular complexity index is 905. The van der Waals surface area contributed by atoms with Crippen LogP contribution < -0.4 is 10.6 Å². The van der Waals surface area contributed by atoms with Gasteiger partial charge in [-0.05, 0) is 25.0 Å². The van der Waals surface area contributed by atoms with Gasteiger partial charge < -0.3 is 15.4 Å². The Morgan fingerprint density at radius 1 is 1.17 bits per heavy atom. The number of nitrogen functional groups attached to an aromatic ring is 1. The Morgan fingerprint density at radius 3 is 2.69 bits per heavy atom. The first-order valence-corrected chi connectivity index (χ1v) is 9.71. The molecule has 2 aliphatic rings. The van der Waals surface area contributed by atoms with Crippen LogP contribution in [0, 0.1) is 11.6 Å². The average molecular weight is 403 g/mol. The van der Waals surface area contributed by atoms with Crippen molar-refractivity contribution in [3.05, 3.63) is 35.4 Å². The van der Waals surface area contributed by atoms with Crippen molar-refractivity contribution in [2.45, 2.75) is 18.9 Å². The number of benzene rings is 1. The van der Waals surface area contributed by atoms with Crippen LogP contribution in [0.25, 0.3) is 11.3 Å². The van der Waals surface area contributed by atoms with Gasteiger partial charge >= 0.3 is 0 Å². The van der Waals surface area contributed by atoms with Gasteiger partial charge in [0.25, 0.3) is 0 Å². The minimum atomic E-state index is -0.804. The molecule has 1 unspecified atom stereocenters. The van der Waals surface area contributed by atoms with Crippen LogP contribution in [0.4, 0.5) is 20.5 Å². The molecular formula is C20H23F2N5O2. The zero-order valence-electron chi connectivity index (χ0n) is 16.0. The molecule has 2 N–H and O–H groups in total. The van der Waals surface area contributed by atoms with Crippen molar-refractivity contribution in [3.63, 3.8) is 0 Å². The Kier molecular flexibility index (Phi) is 5.68. The summed E-state index contributed by atoms with van der Waals surface area (Å²) in [4.78, 5) is 24.7. The quantitative estimate of drug-likeness (QED) is 0.783. The summed E-state index contributed by atoms with van der Waals surface area (Å²) in [5, 5.41) is 0. The summed E-state index contributed by atoms with van der Waals surface area (Å²) < 4.78 is 33.1. The number of anilines is 2. The van der Waals surface area contributed by atoms with Crippen LogP contribution >= 0.6 is 0 Å². The molecule has 0 aliphatic carbocycles. The molecule has 154 valence electrons. The highest BCUT2D eigenvalue weighted by atomic mass is 19.1. The van der Waals surface area contributed by atoms with Gasteiger partial charge in [0.15, 0.2) is 6.29 Å². The van der Waals surface area contributed by atoms with E-state index in [0.29, 0.717) is 24.8 Å². The van der Waals surface area contributed by atoms with Crippen molar-refractivity contribution in [2.24, 2.45) is 0 Å². The minimum absolute atomic E-state index is 0.000923. The third-order valence-corrected chi connectivity index (χ3v) is 5.51. The lowest BCUT2D eigenvalue weighted by Gasteiger charge is -2.41. The topological polar surface area (TPSA) is 84.6 Å². The predicted octanol–water partition coefficient (Wildman–Crippen LogP) is 2.12. The second-order valence-electron chi connectivity index (χ2n) is 7.30. The van der Waals surface area contributed by atoms with Crippen molar-refractivity contribution >= 4 is 18.1 Å². The minimum Gasteiger partial charge on any atom is -0.383 e. The van der Waals surface area contributed by atoms with E-state index in [1.165, 1.54) is 6.07 Å². The summed E-state index contributed by atoms with van der Waals surface area (Å²) in [5.74, 6) is -1.17. The highest BCUT2D eigenvalue weighted by molar-refractivity contribution is 5.91. The van der Waals surface area contributed by atoms with E-state index in [0.717, 1.165) is 57.8 Å². The summed E-state index contributed by atoms with van der Waals surface area (Å²) in [6.45, 7) is 4.68. The van der Waals surface area contributed by atoms with Gasteiger partial charge in [-0.2, -0.15) is 4.98 Å². The van der Waals surface area contributed by atoms with E-state index >= 15 is 0 Å². The Morgan fingerprint density at radius 2 is 1.97 bits per heavy atom. The first-order valence-electron chi connectivity index (χ1n) is 9.71. The average Bonchev–Trinajstić information content (AvgIpc) is 2.74. The summed E-state index contributed by atoms with van der Waals surface area (Å²) in [6.07, 6.45) is 2.53. The van der Waals surface area contributed by atoms with Crippen molar-refractivity contribution in [2.75, 3.05) is 50.0 Å². The van der Waals surface area contributed by atoms with Crippen molar-refractivity contribution in [1.82, 2.24) is 14.9 Å². The van der Waals surface area contributed by atoms with Crippen LogP contribution in [0.2, 0.25) is 0 Å². The molecule has 1 aromatic heterocycles. The third-order valence-electron chi connectivity index (χ3n) is 5.51. The number of nitrogens with two attached hydrogens (primary N) is 1. The number of morpholine rings is 1. The van der Waals surface area contributed by atoms with Crippen LogP contribution in [-0.4, -0.2) is 66.6 Å². The summed E-state index contributed by atoms with van der Waals surface area (Å²) in [5.41, 5.74) is 6.10. The number of hydrogen-bond acceptors (Lipinski definition) is 7. The number of carbonyl (C=O) groups excluding carboxylic acids is 1. The monoisotopic (exact) mass is 403 g/mol. The second-order valence-corrected chi connectivity index (χ2v) is 7.30. The fraction of sp³-hybridized carbons (Fsp3) is 0.450. The van der Waals surface area contributed by atoms with Gasteiger partial charge in [-0.25, -0.2) is 13.8 Å². The Balaban J connectivity index is 1.67. The summed E-state index contributed by atoms with van der Waals surface area (Å²) >= 11 is 0. The smallest absolute Gasteiger partial charge is 0.227 e. The number of halogens is 2. The molecule has 2 aromatic rings. The molecule has 2 fully saturated rings. The van der Waals surface area contributed by atoms with E-state index in [1.54, 1.807) is 0 Å². The highest BCUT2D eigenvalue weighted by Crippen LogP contribution is 2.30. The van der Waals surface area contributed by atoms with Crippen LogP contribution in [0.3, 0.4) is 0 Å². The van der Waals surface area contributed by atoms with Gasteiger partial charge in [-0.1, -0.05) is 0 Å². The van der Waals surface area contributed by atoms with Crippen LogP contribution in [0.1, 0.15) is 23.2 Å². The van der Waals surface area contributed by atoms with E-state index in [4.69, 9.17) is 10.5 Å². The number of ether oxygens (including phenoxy) is 1. The van der Waals surface area contributed by atoms with Gasteiger partial charge in [-0.15, -0.1) is 0 Å². The molecule has 7 nitrogen and oxygen atoms in total. The number of piperidine rings is 1. The maximum absolute atomic E-state index is 14.4. The molecule has 0 spiro atoms. The number of aldehydes is 1. The second kappa shape index (κ2) is 8.38. The molecule has 0 saturated carbocycles. The van der Waals surface area contributed by atoms with E-state index in [9.17, 15) is 13.6 Å². The molecule has 4 rings (SSSR count). The van der Waals surface area contributed by atoms with Crippen LogP contribution in [-0.2, 0) is 4.74 Å². The largest absolute Gasteiger partial charge is 0.383 e. The molecule has 3 heterocycles. The van der Waals surface area contributed by atoms with E-state index in [2.05, 4.69) is 14.9 Å². The zero-order valence-corrected chi connectivity index (χ0v) is 16.0. The molecule has 29 heavy (non-hydrogen) atoms. The number of carbonyl (C=O) groups is 1. The first-order chi connectivity index (χ1) is 14.1. The molecule has 0 amide bonds. The summed E-state index contributed by atoms with van der Waals surface area (Å²) in [7, 11) is 0. The van der Waals surface area contributed by atoms with Crippen molar-refractivity contribution < 1.29 is 18.3 Å². The van der Waals surface area contributed by atoms with Gasteiger partial charge in [0.2, 0.25) is 5.95 Å². The van der Waals surface area contributed by atoms with Crippen molar-refractivity contribution in [3.8, 4) is 11.3 Å². The van der Waals surface area contributed by atoms with Gasteiger partial charge in [0.05, 0.1) is 24.5 Å². The van der Waals surface area contributed by atoms with E-state index < -0.39 is 11.6 Å². The Hall–Kier alpha value is -2.65. The lowest BCUT2D eigenvalue weighted by atomic mass is 10.0. The van der Waals surface area contributed by atoms with Crippen molar-refractivity contribution in [1.29, 1.82) is 0 Å². The standard InChI is InChI=1S/C20H23F2N5O2/c21-13-3-4-15(17(22)10-13)18-16(12-28)19(23)25-20(24-18)27-5-1-2-14(11-27)26-6-8-29-9-7-26/h3-4,10,12,14H,1-2,5-9,11H2,(H2,23,24,25). The fourth-order valence-corrected chi connectivity index (χ4v) is 4.00. The third kappa shape index (κ3) is 4.06. The summed E-state index contributed by atoms with van der Waals surface area (Å²) in [6, 6.07) is 3.49. The number of hydrogen-bond donors (Lipinski definition) is 1. The van der Waals surface area contributed by atoms with Crippen LogP contribution in [0.15, 0.2) is 18.2 Å². The molecule has 1 aromatic carbocycles. The lowest BCUT2D eigenvalue weighted by Crippen LogP contribution is -2.52. The molecule has 1 atom stereocenters. The predicted molar refractivity (Wildman–Crippen MR) is 105 cm³/mol. The normalized spacial score (nSPS) is 20.6. The first kappa shape index (κ1) is 19.7. The van der Waals surface area contributed by atoms with E-state index in [-0.39, 0.29) is 22.6 Å². The number of rotatable bonds is 4. The molecule has 0 bridgehead atoms. The van der Waals surface area contributed by atoms with E-state index in [1.807, 2.05) is 4.90 Å². The molecular weight excluding hydrogens is 380 g/mol. The van der Waals surface area contributed by atoms with Gasteiger partial charge in [0, 0.05) is 43.9 Å². The maximum Gasteiger partial charge on any atom is 0.227 e. The molecule has 9 heteroatoms. The number of nitrogens with zero attached hydrogens (tertiary/aromatic N) is 4. The molecule has 2 aliphatic heterocycles. The van der Waals surface area contributed by atoms with Crippen LogP contribution in [0.5, 0.6) is 0 Å². The Labute approximate surface area is 167 Å².